The summed E-state index contributed by atoms with van der Waals surface area (Å²) in [5.41, 5.74) is -0.892. The van der Waals surface area contributed by atoms with Crippen LogP contribution >= 0.6 is 0 Å². The Morgan fingerprint density at radius 3 is 2.21 bits per heavy atom. The predicted molar refractivity (Wildman–Crippen MR) is 56.9 cm³/mol. The first-order valence-corrected chi connectivity index (χ1v) is 4.97. The third-order valence-electron chi connectivity index (χ3n) is 2.23. The Morgan fingerprint density at radius 1 is 1.36 bits per heavy atom. The van der Waals surface area contributed by atoms with Crippen molar-refractivity contribution in [3.63, 3.8) is 0 Å². The van der Waals surface area contributed by atoms with Crippen LogP contribution < -0.4 is 0 Å². The molecule has 0 heterocycles. The molecular weight excluding hydrogens is 180 g/mol. The van der Waals surface area contributed by atoms with E-state index in [4.69, 9.17) is 0 Å². The Labute approximate surface area is 86.1 Å². The van der Waals surface area contributed by atoms with Crippen LogP contribution in [0.2, 0.25) is 0 Å². The van der Waals surface area contributed by atoms with Crippen molar-refractivity contribution in [3.05, 3.63) is 12.7 Å². The molecule has 0 aromatic carbocycles. The van der Waals surface area contributed by atoms with Crippen molar-refractivity contribution in [2.75, 3.05) is 0 Å². The Hall–Kier alpha value is -0.380. The zero-order valence-corrected chi connectivity index (χ0v) is 9.27. The number of rotatable bonds is 6. The van der Waals surface area contributed by atoms with Gasteiger partial charge in [-0.25, -0.2) is 0 Å². The van der Waals surface area contributed by atoms with Gasteiger partial charge in [-0.3, -0.25) is 0 Å². The summed E-state index contributed by atoms with van der Waals surface area (Å²) in [5.74, 6) is -0.0357. The second-order valence-electron chi connectivity index (χ2n) is 4.57. The molecule has 0 aliphatic carbocycles. The Balaban J connectivity index is 3.94. The summed E-state index contributed by atoms with van der Waals surface area (Å²) in [7, 11) is 0. The lowest BCUT2D eigenvalue weighted by Gasteiger charge is -2.24. The van der Waals surface area contributed by atoms with E-state index in [-0.39, 0.29) is 18.8 Å². The van der Waals surface area contributed by atoms with Crippen molar-refractivity contribution in [2.45, 2.75) is 51.4 Å². The van der Waals surface area contributed by atoms with Crippen molar-refractivity contribution < 1.29 is 15.3 Å². The molecule has 0 aromatic rings. The highest BCUT2D eigenvalue weighted by Crippen LogP contribution is 2.17. The zero-order valence-electron chi connectivity index (χ0n) is 9.27. The molecule has 3 nitrogen and oxygen atoms in total. The topological polar surface area (TPSA) is 60.7 Å². The fourth-order valence-corrected chi connectivity index (χ4v) is 1.31. The van der Waals surface area contributed by atoms with Crippen molar-refractivity contribution in [2.24, 2.45) is 5.92 Å². The van der Waals surface area contributed by atoms with Gasteiger partial charge >= 0.3 is 0 Å². The van der Waals surface area contributed by atoms with Gasteiger partial charge in [-0.05, 0) is 26.2 Å². The Bertz CT molecular complexity index is 172. The Morgan fingerprint density at radius 2 is 1.86 bits per heavy atom. The summed E-state index contributed by atoms with van der Waals surface area (Å²) in [5, 5.41) is 28.6. The Kier molecular flexibility index (Phi) is 5.34. The second kappa shape index (κ2) is 5.49. The normalized spacial score (nSPS) is 18.7. The molecule has 84 valence electrons. The van der Waals surface area contributed by atoms with Crippen molar-refractivity contribution in [1.82, 2.24) is 0 Å². The van der Waals surface area contributed by atoms with Gasteiger partial charge in [0.25, 0.3) is 0 Å². The van der Waals surface area contributed by atoms with Crippen molar-refractivity contribution in [1.29, 1.82) is 0 Å². The van der Waals surface area contributed by atoms with Crippen molar-refractivity contribution >= 4 is 0 Å². The van der Waals surface area contributed by atoms with Crippen LogP contribution in [0.4, 0.5) is 0 Å². The van der Waals surface area contributed by atoms with E-state index >= 15 is 0 Å². The SMILES string of the molecule is C=C[C@H](C)[C@H](O)C[C@H](O)CC(C)(C)O. The first-order valence-electron chi connectivity index (χ1n) is 4.97. The smallest absolute Gasteiger partial charge is 0.0624 e. The molecule has 0 aliphatic heterocycles. The lowest BCUT2D eigenvalue weighted by Crippen LogP contribution is -2.30. The van der Waals surface area contributed by atoms with Gasteiger partial charge in [0, 0.05) is 6.42 Å². The van der Waals surface area contributed by atoms with Crippen LogP contribution in [0.25, 0.3) is 0 Å². The van der Waals surface area contributed by atoms with E-state index in [1.54, 1.807) is 19.9 Å². The quantitative estimate of drug-likeness (QED) is 0.565. The third kappa shape index (κ3) is 6.13. The van der Waals surface area contributed by atoms with E-state index in [1.807, 2.05) is 6.92 Å². The summed E-state index contributed by atoms with van der Waals surface area (Å²) in [6.45, 7) is 8.69. The fourth-order valence-electron chi connectivity index (χ4n) is 1.31. The minimum absolute atomic E-state index is 0.0357. The van der Waals surface area contributed by atoms with E-state index in [2.05, 4.69) is 6.58 Å². The highest BCUT2D eigenvalue weighted by molar-refractivity contribution is 4.83. The molecule has 3 N–H and O–H groups in total. The minimum atomic E-state index is -0.892. The maximum atomic E-state index is 9.57. The molecular formula is C11H22O3. The van der Waals surface area contributed by atoms with Gasteiger partial charge in [0.2, 0.25) is 0 Å². The van der Waals surface area contributed by atoms with Crippen LogP contribution in [0, 0.1) is 5.92 Å². The molecule has 0 bridgehead atoms. The number of aliphatic hydroxyl groups is 3. The minimum Gasteiger partial charge on any atom is -0.393 e. The fraction of sp³-hybridized carbons (Fsp3) is 0.818. The summed E-state index contributed by atoms with van der Waals surface area (Å²) in [4.78, 5) is 0. The van der Waals surface area contributed by atoms with E-state index < -0.39 is 17.8 Å². The average molecular weight is 202 g/mol. The number of hydrogen-bond acceptors (Lipinski definition) is 3. The van der Waals surface area contributed by atoms with Gasteiger partial charge in [-0.1, -0.05) is 13.0 Å². The lowest BCUT2D eigenvalue weighted by atomic mass is 9.93. The van der Waals surface area contributed by atoms with Crippen LogP contribution in [-0.2, 0) is 0 Å². The average Bonchev–Trinajstić information content (AvgIpc) is 1.99. The van der Waals surface area contributed by atoms with Crippen molar-refractivity contribution in [3.8, 4) is 0 Å². The molecule has 0 saturated carbocycles. The van der Waals surface area contributed by atoms with Gasteiger partial charge in [-0.2, -0.15) is 0 Å². The molecule has 0 fully saturated rings. The lowest BCUT2D eigenvalue weighted by molar-refractivity contribution is -0.00645. The number of hydrogen-bond donors (Lipinski definition) is 3. The van der Waals surface area contributed by atoms with Gasteiger partial charge < -0.3 is 15.3 Å². The molecule has 0 rings (SSSR count). The molecule has 3 atom stereocenters. The molecule has 0 unspecified atom stereocenters. The van der Waals surface area contributed by atoms with E-state index in [0.29, 0.717) is 0 Å². The van der Waals surface area contributed by atoms with Crippen LogP contribution in [0.5, 0.6) is 0 Å². The summed E-state index contributed by atoms with van der Waals surface area (Å²) < 4.78 is 0. The van der Waals surface area contributed by atoms with E-state index in [1.165, 1.54) is 0 Å². The number of aliphatic hydroxyl groups excluding tert-OH is 2. The molecule has 3 heteroatoms. The molecule has 14 heavy (non-hydrogen) atoms. The maximum Gasteiger partial charge on any atom is 0.0624 e. The molecule has 0 spiro atoms. The maximum absolute atomic E-state index is 9.57. The van der Waals surface area contributed by atoms with E-state index in [0.717, 1.165) is 0 Å². The first kappa shape index (κ1) is 13.6. The molecule has 0 amide bonds. The zero-order chi connectivity index (χ0) is 11.4. The van der Waals surface area contributed by atoms with Gasteiger partial charge in [-0.15, -0.1) is 6.58 Å². The molecule has 0 aromatic heterocycles. The van der Waals surface area contributed by atoms with Gasteiger partial charge in [0.15, 0.2) is 0 Å². The summed E-state index contributed by atoms with van der Waals surface area (Å²) in [6.07, 6.45) is 0.935. The summed E-state index contributed by atoms with van der Waals surface area (Å²) >= 11 is 0. The second-order valence-corrected chi connectivity index (χ2v) is 4.57. The molecule has 0 radical (unpaired) electrons. The monoisotopic (exact) mass is 202 g/mol. The molecule has 0 saturated heterocycles. The predicted octanol–water partition coefficient (Wildman–Crippen LogP) is 1.08. The van der Waals surface area contributed by atoms with Crippen LogP contribution in [0.15, 0.2) is 12.7 Å². The van der Waals surface area contributed by atoms with Crippen LogP contribution in [0.1, 0.15) is 33.6 Å². The highest BCUT2D eigenvalue weighted by Gasteiger charge is 2.22. The van der Waals surface area contributed by atoms with E-state index in [9.17, 15) is 15.3 Å². The molecule has 0 aliphatic rings. The van der Waals surface area contributed by atoms with Gasteiger partial charge in [0.05, 0.1) is 17.8 Å². The van der Waals surface area contributed by atoms with Crippen LogP contribution in [-0.4, -0.2) is 33.1 Å². The standard InChI is InChI=1S/C11H22O3/c1-5-8(2)10(13)6-9(12)7-11(3,4)14/h5,8-10,12-14H,1,6-7H2,2-4H3/t8-,9-,10+/m0/s1. The third-order valence-corrected chi connectivity index (χ3v) is 2.23. The van der Waals surface area contributed by atoms with Crippen LogP contribution in [0.3, 0.4) is 0 Å². The largest absolute Gasteiger partial charge is 0.393 e. The first-order chi connectivity index (χ1) is 6.26. The highest BCUT2D eigenvalue weighted by atomic mass is 16.3. The summed E-state index contributed by atoms with van der Waals surface area (Å²) in [6, 6.07) is 0. The van der Waals surface area contributed by atoms with Gasteiger partial charge in [0.1, 0.15) is 0 Å².